The van der Waals surface area contributed by atoms with Gasteiger partial charge in [0.15, 0.2) is 0 Å². The van der Waals surface area contributed by atoms with E-state index in [-0.39, 0.29) is 10.8 Å². The van der Waals surface area contributed by atoms with Gasteiger partial charge in [-0.2, -0.15) is 5.26 Å². The Labute approximate surface area is 154 Å². The number of nitrogens with zero attached hydrogens (tertiary/aromatic N) is 1. The van der Waals surface area contributed by atoms with Gasteiger partial charge in [-0.05, 0) is 45.6 Å². The van der Waals surface area contributed by atoms with Gasteiger partial charge in [0.2, 0.25) is 0 Å². The first-order chi connectivity index (χ1) is 12.6. The molecule has 2 atom stereocenters. The lowest BCUT2D eigenvalue weighted by Gasteiger charge is -2.56. The van der Waals surface area contributed by atoms with Crippen LogP contribution in [0.3, 0.4) is 0 Å². The highest BCUT2D eigenvalue weighted by atomic mass is 14.6. The lowest BCUT2D eigenvalue weighted by Crippen LogP contribution is -2.47. The summed E-state index contributed by atoms with van der Waals surface area (Å²) >= 11 is 0. The summed E-state index contributed by atoms with van der Waals surface area (Å²) in [5.74, 6) is 0. The molecule has 1 heteroatoms. The monoisotopic (exact) mass is 333 g/mol. The van der Waals surface area contributed by atoms with Crippen LogP contribution in [0, 0.1) is 22.2 Å². The van der Waals surface area contributed by atoms with Crippen molar-refractivity contribution in [3.05, 3.63) is 112 Å². The SMILES string of the molecule is C[C@]12C3=CC=CC1=CC=C1C=CC(c4ccc(C#N)cc4)=C(C=C3)[C@@]12C. The Morgan fingerprint density at radius 2 is 1.38 bits per heavy atom. The van der Waals surface area contributed by atoms with Crippen LogP contribution in [0.15, 0.2) is 101 Å². The first-order valence-corrected chi connectivity index (χ1v) is 9.02. The molecule has 0 unspecified atom stereocenters. The third kappa shape index (κ3) is 1.64. The molecule has 0 heterocycles. The maximum atomic E-state index is 9.09. The molecule has 1 aromatic rings. The highest BCUT2D eigenvalue weighted by molar-refractivity contribution is 5.86. The zero-order chi connectivity index (χ0) is 17.9. The van der Waals surface area contributed by atoms with Gasteiger partial charge >= 0.3 is 0 Å². The number of hydrogen-bond donors (Lipinski definition) is 0. The van der Waals surface area contributed by atoms with E-state index in [0.29, 0.717) is 5.56 Å². The summed E-state index contributed by atoms with van der Waals surface area (Å²) in [6, 6.07) is 10.1. The van der Waals surface area contributed by atoms with E-state index in [9.17, 15) is 0 Å². The molecule has 26 heavy (non-hydrogen) atoms. The van der Waals surface area contributed by atoms with Gasteiger partial charge in [0.25, 0.3) is 0 Å². The molecule has 124 valence electrons. The van der Waals surface area contributed by atoms with Crippen molar-refractivity contribution in [1.82, 2.24) is 0 Å². The Kier molecular flexibility index (Phi) is 2.89. The first kappa shape index (κ1) is 15.2. The summed E-state index contributed by atoms with van der Waals surface area (Å²) in [6.07, 6.45) is 20.3. The van der Waals surface area contributed by atoms with Crippen LogP contribution in [-0.4, -0.2) is 0 Å². The maximum Gasteiger partial charge on any atom is 0.0991 e. The number of benzene rings is 1. The van der Waals surface area contributed by atoms with Crippen molar-refractivity contribution in [3.8, 4) is 6.07 Å². The summed E-state index contributed by atoms with van der Waals surface area (Å²) in [7, 11) is 0. The Hall–Kier alpha value is -3.11. The van der Waals surface area contributed by atoms with Gasteiger partial charge in [-0.3, -0.25) is 0 Å². The van der Waals surface area contributed by atoms with Gasteiger partial charge in [0, 0.05) is 10.8 Å². The Morgan fingerprint density at radius 3 is 2.12 bits per heavy atom. The van der Waals surface area contributed by atoms with Crippen molar-refractivity contribution in [3.63, 3.8) is 0 Å². The van der Waals surface area contributed by atoms with Crippen molar-refractivity contribution in [2.75, 3.05) is 0 Å². The summed E-state index contributed by atoms with van der Waals surface area (Å²) in [5.41, 5.74) is 8.43. The first-order valence-electron chi connectivity index (χ1n) is 9.02. The molecule has 5 rings (SSSR count). The molecular weight excluding hydrogens is 314 g/mol. The Morgan fingerprint density at radius 1 is 0.731 bits per heavy atom. The predicted molar refractivity (Wildman–Crippen MR) is 106 cm³/mol. The van der Waals surface area contributed by atoms with Crippen LogP contribution in [0.4, 0.5) is 0 Å². The highest BCUT2D eigenvalue weighted by Crippen LogP contribution is 2.65. The molecule has 0 saturated carbocycles. The van der Waals surface area contributed by atoms with E-state index in [1.807, 2.05) is 12.1 Å². The van der Waals surface area contributed by atoms with E-state index in [4.69, 9.17) is 5.26 Å². The molecule has 0 N–H and O–H groups in total. The molecule has 0 radical (unpaired) electrons. The van der Waals surface area contributed by atoms with Crippen molar-refractivity contribution in [2.45, 2.75) is 13.8 Å². The summed E-state index contributed by atoms with van der Waals surface area (Å²) < 4.78 is 0. The van der Waals surface area contributed by atoms with E-state index in [1.54, 1.807) is 0 Å². The van der Waals surface area contributed by atoms with E-state index >= 15 is 0 Å². The van der Waals surface area contributed by atoms with E-state index < -0.39 is 0 Å². The van der Waals surface area contributed by atoms with E-state index in [2.05, 4.69) is 86.7 Å². The van der Waals surface area contributed by atoms with Crippen LogP contribution in [0.2, 0.25) is 0 Å². The molecule has 1 nitrogen and oxygen atoms in total. The second kappa shape index (κ2) is 4.96. The fourth-order valence-electron chi connectivity index (χ4n) is 5.00. The largest absolute Gasteiger partial charge is 0.192 e. The minimum Gasteiger partial charge on any atom is -0.192 e. The molecule has 0 aliphatic heterocycles. The number of rotatable bonds is 1. The van der Waals surface area contributed by atoms with Gasteiger partial charge in [-0.15, -0.1) is 0 Å². The topological polar surface area (TPSA) is 23.8 Å². The third-order valence-electron chi connectivity index (χ3n) is 6.74. The van der Waals surface area contributed by atoms with Gasteiger partial charge in [-0.25, -0.2) is 0 Å². The average Bonchev–Trinajstić information content (AvgIpc) is 2.66. The van der Waals surface area contributed by atoms with Crippen LogP contribution >= 0.6 is 0 Å². The molecule has 4 aliphatic rings. The van der Waals surface area contributed by atoms with Gasteiger partial charge in [-0.1, -0.05) is 80.7 Å². The Bertz CT molecular complexity index is 1090. The zero-order valence-corrected chi connectivity index (χ0v) is 15.0. The standard InChI is InChI=1S/C25H19N/c1-24-19-4-3-5-20(24)13-15-23-22(18-8-6-17(16-26)7-9-18)14-12-21(11-10-19)25(23,24)2/h3-15H,1-2H3/t24-,25-/m1/s1. The number of hydrogen-bond acceptors (Lipinski definition) is 1. The van der Waals surface area contributed by atoms with E-state index in [1.165, 1.54) is 33.4 Å². The molecule has 0 spiro atoms. The fraction of sp³-hybridized carbons (Fsp3) is 0.160. The lowest BCUT2D eigenvalue weighted by atomic mass is 9.46. The van der Waals surface area contributed by atoms with Crippen molar-refractivity contribution in [2.24, 2.45) is 10.8 Å². The van der Waals surface area contributed by atoms with Gasteiger partial charge in [0.1, 0.15) is 0 Å². The molecule has 0 amide bonds. The molecule has 0 aromatic heterocycles. The molecule has 1 aromatic carbocycles. The van der Waals surface area contributed by atoms with Crippen molar-refractivity contribution < 1.29 is 0 Å². The van der Waals surface area contributed by atoms with Crippen LogP contribution in [0.1, 0.15) is 25.0 Å². The smallest absolute Gasteiger partial charge is 0.0991 e. The zero-order valence-electron chi connectivity index (χ0n) is 15.0. The maximum absolute atomic E-state index is 9.09. The number of nitriles is 1. The normalized spacial score (nSPS) is 30.3. The minimum absolute atomic E-state index is 0.0570. The highest BCUT2D eigenvalue weighted by Gasteiger charge is 2.56. The van der Waals surface area contributed by atoms with Crippen LogP contribution in [0.5, 0.6) is 0 Å². The van der Waals surface area contributed by atoms with Crippen molar-refractivity contribution >= 4 is 5.57 Å². The van der Waals surface area contributed by atoms with Crippen LogP contribution in [0.25, 0.3) is 5.57 Å². The predicted octanol–water partition coefficient (Wildman–Crippen LogP) is 5.83. The molecular formula is C25H19N. The summed E-state index contributed by atoms with van der Waals surface area (Å²) in [5, 5.41) is 9.09. The number of allylic oxidation sites excluding steroid dienone is 14. The van der Waals surface area contributed by atoms with E-state index in [0.717, 1.165) is 0 Å². The average molecular weight is 333 g/mol. The second-order valence-electron chi connectivity index (χ2n) is 7.66. The second-order valence-corrected chi connectivity index (χ2v) is 7.66. The molecule has 0 saturated heterocycles. The third-order valence-corrected chi connectivity index (χ3v) is 6.74. The summed E-state index contributed by atoms with van der Waals surface area (Å²) in [4.78, 5) is 0. The Balaban J connectivity index is 1.80. The van der Waals surface area contributed by atoms with Gasteiger partial charge in [0.05, 0.1) is 11.6 Å². The minimum atomic E-state index is -0.0968. The van der Waals surface area contributed by atoms with Crippen LogP contribution in [-0.2, 0) is 0 Å². The van der Waals surface area contributed by atoms with Crippen LogP contribution < -0.4 is 0 Å². The van der Waals surface area contributed by atoms with Gasteiger partial charge < -0.3 is 0 Å². The fourth-order valence-corrected chi connectivity index (χ4v) is 5.00. The molecule has 4 aliphatic carbocycles. The van der Waals surface area contributed by atoms with Crippen molar-refractivity contribution in [1.29, 1.82) is 5.26 Å². The quantitative estimate of drug-likeness (QED) is 0.634. The molecule has 0 bridgehead atoms. The lowest BCUT2D eigenvalue weighted by molar-refractivity contribution is 0.250. The molecule has 0 fully saturated rings. The summed E-state index contributed by atoms with van der Waals surface area (Å²) in [6.45, 7) is 4.76.